The molecule has 0 bridgehead atoms. The molecule has 2 saturated heterocycles. The molecule has 164 valence electrons. The summed E-state index contributed by atoms with van der Waals surface area (Å²) in [6.45, 7) is 5.97. The maximum atomic E-state index is 13.2. The number of nitrogens with zero attached hydrogens (tertiary/aromatic N) is 3. The summed E-state index contributed by atoms with van der Waals surface area (Å²) in [5.41, 5.74) is 0.502. The van der Waals surface area contributed by atoms with Crippen molar-refractivity contribution in [2.24, 2.45) is 5.92 Å². The summed E-state index contributed by atoms with van der Waals surface area (Å²) in [7, 11) is -3.62. The second-order valence-corrected chi connectivity index (χ2v) is 10.5. The number of likely N-dealkylation sites (tertiary alicyclic amines) is 1. The first kappa shape index (κ1) is 21.3. The number of piperidine rings is 2. The highest BCUT2D eigenvalue weighted by molar-refractivity contribution is 7.89. The average molecular weight is 434 g/mol. The van der Waals surface area contributed by atoms with Crippen LogP contribution in [0.3, 0.4) is 0 Å². The molecule has 1 saturated carbocycles. The first-order chi connectivity index (χ1) is 14.4. The van der Waals surface area contributed by atoms with Crippen LogP contribution in [-0.4, -0.2) is 72.6 Å². The van der Waals surface area contributed by atoms with Crippen molar-refractivity contribution in [3.05, 3.63) is 29.8 Å². The summed E-state index contributed by atoms with van der Waals surface area (Å²) in [4.78, 5) is 28.8. The highest BCUT2D eigenvalue weighted by Gasteiger charge is 2.46. The van der Waals surface area contributed by atoms with Crippen LogP contribution in [0.2, 0.25) is 0 Å². The van der Waals surface area contributed by atoms with Gasteiger partial charge in [-0.05, 0) is 69.7 Å². The van der Waals surface area contributed by atoms with Crippen molar-refractivity contribution in [2.75, 3.05) is 26.2 Å². The Morgan fingerprint density at radius 1 is 1.07 bits per heavy atom. The lowest BCUT2D eigenvalue weighted by atomic mass is 9.84. The summed E-state index contributed by atoms with van der Waals surface area (Å²) in [5, 5.41) is 0. The minimum atomic E-state index is -3.62. The molecule has 30 heavy (non-hydrogen) atoms. The summed E-state index contributed by atoms with van der Waals surface area (Å²) < 4.78 is 28.0. The topological polar surface area (TPSA) is 78.0 Å². The fourth-order valence-electron chi connectivity index (χ4n) is 4.92. The summed E-state index contributed by atoms with van der Waals surface area (Å²) in [5.74, 6) is 0.357. The van der Waals surface area contributed by atoms with E-state index in [1.165, 1.54) is 0 Å². The molecule has 0 N–H and O–H groups in total. The monoisotopic (exact) mass is 433 g/mol. The van der Waals surface area contributed by atoms with Crippen LogP contribution < -0.4 is 0 Å². The third kappa shape index (κ3) is 3.87. The van der Waals surface area contributed by atoms with Gasteiger partial charge in [0.25, 0.3) is 5.91 Å². The van der Waals surface area contributed by atoms with Gasteiger partial charge < -0.3 is 9.80 Å². The Morgan fingerprint density at radius 2 is 1.73 bits per heavy atom. The van der Waals surface area contributed by atoms with Gasteiger partial charge in [0.05, 0.1) is 4.90 Å². The molecule has 2 aliphatic heterocycles. The Hall–Kier alpha value is -1.93. The summed E-state index contributed by atoms with van der Waals surface area (Å²) >= 11 is 0. The van der Waals surface area contributed by atoms with Crippen molar-refractivity contribution in [1.29, 1.82) is 0 Å². The van der Waals surface area contributed by atoms with Crippen molar-refractivity contribution in [3.63, 3.8) is 0 Å². The maximum absolute atomic E-state index is 13.2. The lowest BCUT2D eigenvalue weighted by molar-refractivity contribution is -0.141. The molecule has 1 aliphatic carbocycles. The Labute approximate surface area is 179 Å². The molecule has 7 nitrogen and oxygen atoms in total. The van der Waals surface area contributed by atoms with Gasteiger partial charge in [0.1, 0.15) is 0 Å². The zero-order valence-electron chi connectivity index (χ0n) is 17.8. The molecular formula is C22H31N3O4S. The number of benzene rings is 1. The van der Waals surface area contributed by atoms with E-state index in [2.05, 4.69) is 4.90 Å². The molecular weight excluding hydrogens is 402 g/mol. The van der Waals surface area contributed by atoms with Gasteiger partial charge in [0, 0.05) is 50.2 Å². The summed E-state index contributed by atoms with van der Waals surface area (Å²) in [6.07, 6.45) is 4.14. The van der Waals surface area contributed by atoms with Crippen LogP contribution in [0, 0.1) is 5.92 Å². The van der Waals surface area contributed by atoms with Gasteiger partial charge in [-0.1, -0.05) is 0 Å². The molecule has 1 aromatic carbocycles. The van der Waals surface area contributed by atoms with Crippen LogP contribution in [0.4, 0.5) is 0 Å². The minimum absolute atomic E-state index is 0.0863. The van der Waals surface area contributed by atoms with E-state index < -0.39 is 10.0 Å². The highest BCUT2D eigenvalue weighted by atomic mass is 32.2. The fraction of sp³-hybridized carbons (Fsp3) is 0.636. The molecule has 3 fully saturated rings. The molecule has 2 heterocycles. The van der Waals surface area contributed by atoms with Crippen molar-refractivity contribution in [3.8, 4) is 0 Å². The normalized spacial score (nSPS) is 25.1. The van der Waals surface area contributed by atoms with Gasteiger partial charge in [-0.2, -0.15) is 4.31 Å². The van der Waals surface area contributed by atoms with E-state index in [9.17, 15) is 18.0 Å². The van der Waals surface area contributed by atoms with E-state index in [1.807, 2.05) is 13.8 Å². The molecule has 2 atom stereocenters. The molecule has 1 aromatic rings. The van der Waals surface area contributed by atoms with E-state index in [0.29, 0.717) is 50.6 Å². The van der Waals surface area contributed by atoms with E-state index in [0.717, 1.165) is 19.3 Å². The first-order valence-electron chi connectivity index (χ1n) is 11.1. The number of sulfonamides is 1. The number of carbonyl (C=O) groups is 2. The van der Waals surface area contributed by atoms with Crippen molar-refractivity contribution < 1.29 is 18.0 Å². The number of hydrogen-bond acceptors (Lipinski definition) is 4. The van der Waals surface area contributed by atoms with Gasteiger partial charge in [0.15, 0.2) is 0 Å². The minimum Gasteiger partial charge on any atom is -0.339 e. The highest BCUT2D eigenvalue weighted by Crippen LogP contribution is 2.39. The molecule has 0 spiro atoms. The second-order valence-electron chi connectivity index (χ2n) is 8.55. The van der Waals surface area contributed by atoms with Crippen molar-refractivity contribution in [2.45, 2.75) is 62.9 Å². The first-order valence-corrected chi connectivity index (χ1v) is 12.5. The van der Waals surface area contributed by atoms with Gasteiger partial charge in [-0.15, -0.1) is 0 Å². The second kappa shape index (κ2) is 8.30. The maximum Gasteiger partial charge on any atom is 0.253 e. The average Bonchev–Trinajstić information content (AvgIpc) is 3.59. The van der Waals surface area contributed by atoms with Crippen LogP contribution in [0.15, 0.2) is 29.2 Å². The van der Waals surface area contributed by atoms with Crippen LogP contribution in [0.5, 0.6) is 0 Å². The lowest BCUT2D eigenvalue weighted by Gasteiger charge is -2.46. The van der Waals surface area contributed by atoms with E-state index in [4.69, 9.17) is 0 Å². The number of hydrogen-bond donors (Lipinski definition) is 0. The SMILES string of the molecule is CCN(CC)C(=O)c1ccc(S(=O)(=O)N2CC[C@@H]3[C@@H](CCC(=O)N3C3CC3)C2)cc1. The Bertz CT molecular complexity index is 907. The zero-order chi connectivity index (χ0) is 21.5. The van der Waals surface area contributed by atoms with E-state index in [1.54, 1.807) is 33.5 Å². The Morgan fingerprint density at radius 3 is 2.33 bits per heavy atom. The van der Waals surface area contributed by atoms with Crippen molar-refractivity contribution >= 4 is 21.8 Å². The van der Waals surface area contributed by atoms with Crippen LogP contribution >= 0.6 is 0 Å². The fourth-order valence-corrected chi connectivity index (χ4v) is 6.43. The van der Waals surface area contributed by atoms with Gasteiger partial charge in [0.2, 0.25) is 15.9 Å². The van der Waals surface area contributed by atoms with Crippen LogP contribution in [0.25, 0.3) is 0 Å². The predicted molar refractivity (Wildman–Crippen MR) is 113 cm³/mol. The van der Waals surface area contributed by atoms with Gasteiger partial charge in [-0.25, -0.2) is 8.42 Å². The number of rotatable bonds is 6. The van der Waals surface area contributed by atoms with Crippen molar-refractivity contribution in [1.82, 2.24) is 14.1 Å². The number of carbonyl (C=O) groups excluding carboxylic acids is 2. The van der Waals surface area contributed by atoms with E-state index in [-0.39, 0.29) is 28.7 Å². The molecule has 2 amide bonds. The lowest BCUT2D eigenvalue weighted by Crippen LogP contribution is -2.57. The quantitative estimate of drug-likeness (QED) is 0.690. The predicted octanol–water partition coefficient (Wildman–Crippen LogP) is 2.33. The molecule has 3 aliphatic rings. The largest absolute Gasteiger partial charge is 0.339 e. The molecule has 0 unspecified atom stereocenters. The summed E-state index contributed by atoms with van der Waals surface area (Å²) in [6, 6.07) is 6.85. The third-order valence-corrected chi connectivity index (χ3v) is 8.64. The van der Waals surface area contributed by atoms with Gasteiger partial charge in [-0.3, -0.25) is 9.59 Å². The van der Waals surface area contributed by atoms with E-state index >= 15 is 0 Å². The Kier molecular flexibility index (Phi) is 5.90. The molecule has 8 heteroatoms. The standard InChI is InChI=1S/C22H31N3O4S/c1-3-23(4-2)22(27)16-5-10-19(11-6-16)30(28,29)24-14-13-20-17(15-24)7-12-21(26)25(20)18-8-9-18/h5-6,10-11,17-18,20H,3-4,7-9,12-15H2,1-2H3/t17-,20+/m0/s1. The number of fused-ring (bicyclic) bond motifs is 1. The Balaban J connectivity index is 1.48. The molecule has 0 radical (unpaired) electrons. The molecule has 0 aromatic heterocycles. The van der Waals surface area contributed by atoms with Crippen LogP contribution in [-0.2, 0) is 14.8 Å². The van der Waals surface area contributed by atoms with Gasteiger partial charge >= 0.3 is 0 Å². The zero-order valence-corrected chi connectivity index (χ0v) is 18.6. The smallest absolute Gasteiger partial charge is 0.253 e. The van der Waals surface area contributed by atoms with Crippen LogP contribution in [0.1, 0.15) is 56.3 Å². The molecule has 4 rings (SSSR count). The third-order valence-electron chi connectivity index (χ3n) is 6.76. The number of amides is 2.